The summed E-state index contributed by atoms with van der Waals surface area (Å²) in [6, 6.07) is 16.7. The average Bonchev–Trinajstić information content (AvgIpc) is 3.05. The molecular formula is C18H14ClNO3. The first-order valence-electron chi connectivity index (χ1n) is 7.05. The minimum Gasteiger partial charge on any atom is -0.469 e. The van der Waals surface area contributed by atoms with E-state index < -0.39 is 0 Å². The average molecular weight is 328 g/mol. The lowest BCUT2D eigenvalue weighted by atomic mass is 10.0. The molecule has 0 fully saturated rings. The van der Waals surface area contributed by atoms with Crippen molar-refractivity contribution in [3.8, 4) is 22.6 Å². The highest BCUT2D eigenvalue weighted by Crippen LogP contribution is 2.29. The van der Waals surface area contributed by atoms with E-state index >= 15 is 0 Å². The van der Waals surface area contributed by atoms with Gasteiger partial charge in [0.15, 0.2) is 5.76 Å². The molecule has 0 amide bonds. The van der Waals surface area contributed by atoms with Gasteiger partial charge in [0.25, 0.3) is 0 Å². The van der Waals surface area contributed by atoms with Crippen LogP contribution in [0.5, 0.6) is 0 Å². The van der Waals surface area contributed by atoms with Gasteiger partial charge in [0.2, 0.25) is 0 Å². The fraction of sp³-hybridized carbons (Fsp3) is 0.111. The van der Waals surface area contributed by atoms with E-state index in [4.69, 9.17) is 20.9 Å². The Bertz CT molecular complexity index is 824. The molecule has 116 valence electrons. The van der Waals surface area contributed by atoms with Crippen LogP contribution in [-0.4, -0.2) is 18.2 Å². The van der Waals surface area contributed by atoms with Crippen LogP contribution in [0.3, 0.4) is 0 Å². The molecule has 1 heterocycles. The van der Waals surface area contributed by atoms with Crippen LogP contribution >= 0.6 is 11.6 Å². The first kappa shape index (κ1) is 15.3. The maximum absolute atomic E-state index is 11.5. The number of esters is 1. The zero-order chi connectivity index (χ0) is 16.2. The van der Waals surface area contributed by atoms with E-state index in [0.29, 0.717) is 16.5 Å². The third-order valence-electron chi connectivity index (χ3n) is 3.49. The molecule has 1 aromatic heterocycles. The molecule has 3 aromatic rings. The van der Waals surface area contributed by atoms with Gasteiger partial charge >= 0.3 is 5.97 Å². The lowest BCUT2D eigenvalue weighted by Crippen LogP contribution is -2.05. The molecule has 0 aliphatic rings. The van der Waals surface area contributed by atoms with E-state index in [2.05, 4.69) is 5.16 Å². The second kappa shape index (κ2) is 6.67. The third-order valence-corrected chi connectivity index (χ3v) is 3.75. The highest BCUT2D eigenvalue weighted by molar-refractivity contribution is 6.30. The van der Waals surface area contributed by atoms with Crippen molar-refractivity contribution in [2.45, 2.75) is 6.42 Å². The Morgan fingerprint density at radius 1 is 1.17 bits per heavy atom. The Hall–Kier alpha value is -2.59. The van der Waals surface area contributed by atoms with E-state index in [9.17, 15) is 4.79 Å². The van der Waals surface area contributed by atoms with Crippen LogP contribution in [0.25, 0.3) is 22.6 Å². The van der Waals surface area contributed by atoms with Crippen molar-refractivity contribution >= 4 is 17.6 Å². The molecular weight excluding hydrogens is 314 g/mol. The van der Waals surface area contributed by atoms with E-state index in [-0.39, 0.29) is 12.4 Å². The number of ether oxygens (including phenoxy) is 1. The molecule has 3 rings (SSSR count). The molecule has 0 aliphatic carbocycles. The molecule has 0 radical (unpaired) electrons. The monoisotopic (exact) mass is 327 g/mol. The molecule has 2 aromatic carbocycles. The molecule has 0 aliphatic heterocycles. The number of carbonyl (C=O) groups is 1. The quantitative estimate of drug-likeness (QED) is 0.667. The van der Waals surface area contributed by atoms with Gasteiger partial charge in [0, 0.05) is 22.2 Å². The van der Waals surface area contributed by atoms with Crippen LogP contribution in [0.4, 0.5) is 0 Å². The number of benzene rings is 2. The maximum atomic E-state index is 11.5. The van der Waals surface area contributed by atoms with Crippen LogP contribution in [0, 0.1) is 0 Å². The highest BCUT2D eigenvalue weighted by Gasteiger charge is 2.14. The van der Waals surface area contributed by atoms with E-state index in [1.165, 1.54) is 7.11 Å². The number of nitrogens with zero attached hydrogens (tertiary/aromatic N) is 1. The lowest BCUT2D eigenvalue weighted by Gasteiger charge is -2.05. The molecule has 5 heteroatoms. The summed E-state index contributed by atoms with van der Waals surface area (Å²) in [7, 11) is 1.37. The summed E-state index contributed by atoms with van der Waals surface area (Å²) in [6.45, 7) is 0. The smallest absolute Gasteiger partial charge is 0.310 e. The van der Waals surface area contributed by atoms with Gasteiger partial charge in [-0.3, -0.25) is 4.79 Å². The Kier molecular flexibility index (Phi) is 4.44. The van der Waals surface area contributed by atoms with Crippen molar-refractivity contribution in [1.29, 1.82) is 0 Å². The van der Waals surface area contributed by atoms with Gasteiger partial charge in [-0.15, -0.1) is 0 Å². The van der Waals surface area contributed by atoms with Crippen LogP contribution in [-0.2, 0) is 16.0 Å². The number of hydrogen-bond acceptors (Lipinski definition) is 4. The molecule has 0 saturated carbocycles. The number of rotatable bonds is 4. The zero-order valence-corrected chi connectivity index (χ0v) is 13.2. The topological polar surface area (TPSA) is 52.3 Å². The van der Waals surface area contributed by atoms with Crippen LogP contribution in [0.15, 0.2) is 59.1 Å². The van der Waals surface area contributed by atoms with Gasteiger partial charge in [-0.2, -0.15) is 0 Å². The number of hydrogen-bond donors (Lipinski definition) is 0. The van der Waals surface area contributed by atoms with Crippen LogP contribution in [0.2, 0.25) is 5.02 Å². The Morgan fingerprint density at radius 2 is 1.91 bits per heavy atom. The molecule has 4 nitrogen and oxygen atoms in total. The first-order chi connectivity index (χ1) is 11.2. The van der Waals surface area contributed by atoms with Crippen molar-refractivity contribution in [1.82, 2.24) is 5.16 Å². The summed E-state index contributed by atoms with van der Waals surface area (Å²) in [5, 5.41) is 4.78. The van der Waals surface area contributed by atoms with Crippen LogP contribution < -0.4 is 0 Å². The van der Waals surface area contributed by atoms with E-state index in [0.717, 1.165) is 16.7 Å². The zero-order valence-electron chi connectivity index (χ0n) is 12.5. The van der Waals surface area contributed by atoms with Gasteiger partial charge < -0.3 is 9.26 Å². The van der Waals surface area contributed by atoms with Crippen molar-refractivity contribution < 1.29 is 14.1 Å². The molecule has 0 unspecified atom stereocenters. The van der Waals surface area contributed by atoms with E-state index in [1.54, 1.807) is 12.1 Å². The summed E-state index contributed by atoms with van der Waals surface area (Å²) < 4.78 is 10.2. The van der Waals surface area contributed by atoms with Gasteiger partial charge in [-0.05, 0) is 29.8 Å². The SMILES string of the molecule is COC(=O)Cc1ccccc1-c1cc(-c2ccc(Cl)cc2)on1. The van der Waals surface area contributed by atoms with Gasteiger partial charge in [-0.1, -0.05) is 41.0 Å². The van der Waals surface area contributed by atoms with Gasteiger partial charge in [0.05, 0.1) is 13.5 Å². The minimum absolute atomic E-state index is 0.190. The standard InChI is InChI=1S/C18H14ClNO3/c1-22-18(21)10-13-4-2-3-5-15(13)16-11-17(23-20-16)12-6-8-14(19)9-7-12/h2-9,11H,10H2,1H3. The van der Waals surface area contributed by atoms with Crippen molar-refractivity contribution in [2.75, 3.05) is 7.11 Å². The number of aromatic nitrogens is 1. The minimum atomic E-state index is -0.293. The Morgan fingerprint density at radius 3 is 2.65 bits per heavy atom. The first-order valence-corrected chi connectivity index (χ1v) is 7.43. The van der Waals surface area contributed by atoms with Gasteiger partial charge in [0.1, 0.15) is 5.69 Å². The Labute approximate surface area is 138 Å². The fourth-order valence-electron chi connectivity index (χ4n) is 2.30. The largest absolute Gasteiger partial charge is 0.469 e. The molecule has 0 N–H and O–H groups in total. The second-order valence-electron chi connectivity index (χ2n) is 4.99. The summed E-state index contributed by atoms with van der Waals surface area (Å²) in [5.41, 5.74) is 3.25. The molecule has 0 saturated heterocycles. The highest BCUT2D eigenvalue weighted by atomic mass is 35.5. The summed E-state index contributed by atoms with van der Waals surface area (Å²) in [4.78, 5) is 11.5. The third kappa shape index (κ3) is 3.43. The number of carbonyl (C=O) groups excluding carboxylic acids is 1. The van der Waals surface area contributed by atoms with Crippen molar-refractivity contribution in [2.24, 2.45) is 0 Å². The van der Waals surface area contributed by atoms with Crippen molar-refractivity contribution in [3.05, 3.63) is 65.2 Å². The fourth-order valence-corrected chi connectivity index (χ4v) is 2.43. The van der Waals surface area contributed by atoms with E-state index in [1.807, 2.05) is 42.5 Å². The summed E-state index contributed by atoms with van der Waals surface area (Å²) in [6.07, 6.45) is 0.190. The number of halogens is 1. The normalized spacial score (nSPS) is 10.5. The summed E-state index contributed by atoms with van der Waals surface area (Å²) in [5.74, 6) is 0.350. The molecule has 0 spiro atoms. The predicted octanol–water partition coefficient (Wildman–Crippen LogP) is 4.38. The maximum Gasteiger partial charge on any atom is 0.310 e. The second-order valence-corrected chi connectivity index (χ2v) is 5.43. The Balaban J connectivity index is 1.94. The van der Waals surface area contributed by atoms with Gasteiger partial charge in [-0.25, -0.2) is 0 Å². The lowest BCUT2D eigenvalue weighted by molar-refractivity contribution is -0.139. The van der Waals surface area contributed by atoms with Crippen molar-refractivity contribution in [3.63, 3.8) is 0 Å². The molecule has 0 atom stereocenters. The molecule has 0 bridgehead atoms. The molecule has 23 heavy (non-hydrogen) atoms. The predicted molar refractivity (Wildman–Crippen MR) is 88.1 cm³/mol. The summed E-state index contributed by atoms with van der Waals surface area (Å²) >= 11 is 5.89. The van der Waals surface area contributed by atoms with Crippen LogP contribution in [0.1, 0.15) is 5.56 Å². The number of methoxy groups -OCH3 is 1.